The van der Waals surface area contributed by atoms with E-state index in [1.165, 1.54) is 10.9 Å². The van der Waals surface area contributed by atoms with E-state index in [-0.39, 0.29) is 37.7 Å². The lowest BCUT2D eigenvalue weighted by Crippen LogP contribution is -2.32. The number of aromatic nitrogens is 3. The topological polar surface area (TPSA) is 126 Å². The summed E-state index contributed by atoms with van der Waals surface area (Å²) in [7, 11) is 0. The Hall–Kier alpha value is -3.23. The first-order valence-corrected chi connectivity index (χ1v) is 8.21. The number of benzene rings is 1. The van der Waals surface area contributed by atoms with Gasteiger partial charge in [-0.3, -0.25) is 14.4 Å². The van der Waals surface area contributed by atoms with Crippen molar-refractivity contribution in [3.05, 3.63) is 47.8 Å². The predicted molar refractivity (Wildman–Crippen MR) is 92.1 cm³/mol. The average molecular weight is 359 g/mol. The zero-order valence-electron chi connectivity index (χ0n) is 14.2. The van der Waals surface area contributed by atoms with Gasteiger partial charge in [-0.1, -0.05) is 35.5 Å². The average Bonchev–Trinajstić information content (AvgIpc) is 3.02. The van der Waals surface area contributed by atoms with Crippen molar-refractivity contribution in [1.29, 1.82) is 0 Å². The summed E-state index contributed by atoms with van der Waals surface area (Å²) < 4.78 is 1.22. The lowest BCUT2D eigenvalue weighted by Gasteiger charge is -2.06. The van der Waals surface area contributed by atoms with Gasteiger partial charge in [-0.15, -0.1) is 5.10 Å². The minimum Gasteiger partial charge on any atom is -0.480 e. The van der Waals surface area contributed by atoms with Crippen LogP contribution in [-0.4, -0.2) is 51.0 Å². The lowest BCUT2D eigenvalue weighted by molar-refractivity contribution is -0.138. The van der Waals surface area contributed by atoms with Crippen LogP contribution in [-0.2, 0) is 33.8 Å². The number of nitrogens with zero attached hydrogens (tertiary/aromatic N) is 3. The van der Waals surface area contributed by atoms with Crippen LogP contribution >= 0.6 is 0 Å². The molecule has 0 aliphatic rings. The van der Waals surface area contributed by atoms with Gasteiger partial charge in [0.25, 0.3) is 0 Å². The standard InChI is InChI=1S/C17H21N5O4/c23-15(7-9-19-16(24)10-13-4-2-1-3-5-13)18-8-6-14-11-22(21-20-14)12-17(25)26/h1-5,11H,6-10,12H2,(H,18,23)(H,19,24)(H,25,26). The van der Waals surface area contributed by atoms with Crippen LogP contribution in [0.1, 0.15) is 17.7 Å². The van der Waals surface area contributed by atoms with Crippen molar-refractivity contribution in [2.24, 2.45) is 0 Å². The van der Waals surface area contributed by atoms with E-state index in [1.807, 2.05) is 30.3 Å². The zero-order chi connectivity index (χ0) is 18.8. The molecule has 3 N–H and O–H groups in total. The molecule has 26 heavy (non-hydrogen) atoms. The first-order valence-electron chi connectivity index (χ1n) is 8.21. The molecular formula is C17H21N5O4. The van der Waals surface area contributed by atoms with Crippen molar-refractivity contribution >= 4 is 17.8 Å². The maximum absolute atomic E-state index is 11.8. The summed E-state index contributed by atoms with van der Waals surface area (Å²) in [5.41, 5.74) is 1.52. The maximum atomic E-state index is 11.8. The highest BCUT2D eigenvalue weighted by molar-refractivity contribution is 5.80. The minimum absolute atomic E-state index is 0.126. The molecule has 0 radical (unpaired) electrons. The van der Waals surface area contributed by atoms with Gasteiger partial charge in [0.05, 0.1) is 12.1 Å². The Morgan fingerprint density at radius 2 is 1.77 bits per heavy atom. The summed E-state index contributed by atoms with van der Waals surface area (Å²) >= 11 is 0. The highest BCUT2D eigenvalue weighted by Crippen LogP contribution is 1.99. The molecule has 138 valence electrons. The molecule has 0 bridgehead atoms. The molecule has 0 atom stereocenters. The van der Waals surface area contributed by atoms with Gasteiger partial charge in [0.2, 0.25) is 11.8 Å². The molecule has 0 fully saturated rings. The number of nitrogens with one attached hydrogen (secondary N) is 2. The first-order chi connectivity index (χ1) is 12.5. The molecular weight excluding hydrogens is 338 g/mol. The third-order valence-electron chi connectivity index (χ3n) is 3.47. The van der Waals surface area contributed by atoms with Crippen LogP contribution in [0.3, 0.4) is 0 Å². The van der Waals surface area contributed by atoms with Crippen molar-refractivity contribution in [3.8, 4) is 0 Å². The summed E-state index contributed by atoms with van der Waals surface area (Å²) in [5.74, 6) is -1.30. The van der Waals surface area contributed by atoms with Gasteiger partial charge in [-0.25, -0.2) is 4.68 Å². The number of aliphatic carboxylic acids is 1. The highest BCUT2D eigenvalue weighted by Gasteiger charge is 2.07. The van der Waals surface area contributed by atoms with Crippen molar-refractivity contribution < 1.29 is 19.5 Å². The number of hydrogen-bond donors (Lipinski definition) is 3. The number of rotatable bonds is 10. The van der Waals surface area contributed by atoms with Gasteiger partial charge < -0.3 is 15.7 Å². The second-order valence-corrected chi connectivity index (χ2v) is 5.66. The first kappa shape index (κ1) is 19.1. The van der Waals surface area contributed by atoms with E-state index >= 15 is 0 Å². The number of carbonyl (C=O) groups is 3. The largest absolute Gasteiger partial charge is 0.480 e. The molecule has 9 nitrogen and oxygen atoms in total. The molecule has 0 spiro atoms. The monoisotopic (exact) mass is 359 g/mol. The van der Waals surface area contributed by atoms with Crippen LogP contribution in [0.5, 0.6) is 0 Å². The van der Waals surface area contributed by atoms with Crippen LogP contribution < -0.4 is 10.6 Å². The number of amides is 2. The van der Waals surface area contributed by atoms with Crippen LogP contribution in [0.15, 0.2) is 36.5 Å². The van der Waals surface area contributed by atoms with Crippen LogP contribution in [0.2, 0.25) is 0 Å². The molecule has 1 aromatic carbocycles. The highest BCUT2D eigenvalue weighted by atomic mass is 16.4. The smallest absolute Gasteiger partial charge is 0.325 e. The Morgan fingerprint density at radius 3 is 2.50 bits per heavy atom. The van der Waals surface area contributed by atoms with E-state index in [2.05, 4.69) is 20.9 Å². The van der Waals surface area contributed by atoms with Crippen molar-refractivity contribution in [3.63, 3.8) is 0 Å². The van der Waals surface area contributed by atoms with E-state index in [0.29, 0.717) is 18.7 Å². The third kappa shape index (κ3) is 7.12. The Labute approximate surface area is 150 Å². The molecule has 0 saturated heterocycles. The van der Waals surface area contributed by atoms with Gasteiger partial charge in [-0.2, -0.15) is 0 Å². The second kappa shape index (κ2) is 9.92. The van der Waals surface area contributed by atoms with E-state index in [4.69, 9.17) is 5.11 Å². The van der Waals surface area contributed by atoms with Crippen molar-refractivity contribution in [2.45, 2.75) is 25.8 Å². The normalized spacial score (nSPS) is 10.3. The maximum Gasteiger partial charge on any atom is 0.325 e. The lowest BCUT2D eigenvalue weighted by atomic mass is 10.1. The predicted octanol–water partition coefficient (Wildman–Crippen LogP) is -0.230. The summed E-state index contributed by atoms with van der Waals surface area (Å²) in [5, 5.41) is 21.6. The molecule has 0 aliphatic heterocycles. The SMILES string of the molecule is O=C(O)Cn1cc(CCNC(=O)CCNC(=O)Cc2ccccc2)nn1. The van der Waals surface area contributed by atoms with Gasteiger partial charge >= 0.3 is 5.97 Å². The van der Waals surface area contributed by atoms with Gasteiger partial charge in [0, 0.05) is 32.1 Å². The number of carboxylic acids is 1. The van der Waals surface area contributed by atoms with Crippen LogP contribution in [0.25, 0.3) is 0 Å². The van der Waals surface area contributed by atoms with E-state index in [1.54, 1.807) is 0 Å². The third-order valence-corrected chi connectivity index (χ3v) is 3.47. The molecule has 0 unspecified atom stereocenters. The molecule has 2 rings (SSSR count). The Morgan fingerprint density at radius 1 is 1.04 bits per heavy atom. The quantitative estimate of drug-likeness (QED) is 0.538. The Kier molecular flexibility index (Phi) is 7.29. The fraction of sp³-hybridized carbons (Fsp3) is 0.353. The van der Waals surface area contributed by atoms with Crippen LogP contribution in [0, 0.1) is 0 Å². The van der Waals surface area contributed by atoms with Gasteiger partial charge in [0.1, 0.15) is 6.54 Å². The van der Waals surface area contributed by atoms with Gasteiger partial charge in [0.15, 0.2) is 0 Å². The Balaban J connectivity index is 1.58. The fourth-order valence-corrected chi connectivity index (χ4v) is 2.25. The Bertz CT molecular complexity index is 745. The molecule has 9 heteroatoms. The molecule has 2 aromatic rings. The zero-order valence-corrected chi connectivity index (χ0v) is 14.2. The second-order valence-electron chi connectivity index (χ2n) is 5.66. The summed E-state index contributed by atoms with van der Waals surface area (Å²) in [4.78, 5) is 34.1. The van der Waals surface area contributed by atoms with E-state index < -0.39 is 5.97 Å². The fourth-order valence-electron chi connectivity index (χ4n) is 2.25. The van der Waals surface area contributed by atoms with Crippen molar-refractivity contribution in [1.82, 2.24) is 25.6 Å². The molecule has 1 heterocycles. The summed E-state index contributed by atoms with van der Waals surface area (Å²) in [6.45, 7) is 0.386. The number of carbonyl (C=O) groups excluding carboxylic acids is 2. The van der Waals surface area contributed by atoms with Crippen molar-refractivity contribution in [2.75, 3.05) is 13.1 Å². The number of hydrogen-bond acceptors (Lipinski definition) is 5. The molecule has 0 saturated carbocycles. The minimum atomic E-state index is -0.996. The van der Waals surface area contributed by atoms with E-state index in [0.717, 1.165) is 5.56 Å². The molecule has 1 aromatic heterocycles. The van der Waals surface area contributed by atoms with Gasteiger partial charge in [-0.05, 0) is 5.56 Å². The summed E-state index contributed by atoms with van der Waals surface area (Å²) in [6, 6.07) is 9.38. The number of carboxylic acid groups (broad SMARTS) is 1. The molecule has 0 aliphatic carbocycles. The van der Waals surface area contributed by atoms with Crippen LogP contribution in [0.4, 0.5) is 0 Å². The summed E-state index contributed by atoms with van der Waals surface area (Å²) in [6.07, 6.45) is 2.45. The van der Waals surface area contributed by atoms with E-state index in [9.17, 15) is 14.4 Å². The molecule has 2 amide bonds.